The molecule has 200 valence electrons. The highest BCUT2D eigenvalue weighted by Crippen LogP contribution is 2.65. The van der Waals surface area contributed by atoms with Crippen LogP contribution in [0.1, 0.15) is 67.2 Å². The molecule has 0 bridgehead atoms. The van der Waals surface area contributed by atoms with Crippen LogP contribution in [0.2, 0.25) is 23.7 Å². The molecule has 0 heterocycles. The third-order valence-corrected chi connectivity index (χ3v) is 17.0. The van der Waals surface area contributed by atoms with E-state index in [1.54, 1.807) is 11.1 Å². The highest BCUT2D eigenvalue weighted by Gasteiger charge is 2.60. The fourth-order valence-electron chi connectivity index (χ4n) is 8.98. The molecule has 0 saturated heterocycles. The van der Waals surface area contributed by atoms with Gasteiger partial charge in [-0.15, -0.1) is 6.58 Å². The van der Waals surface area contributed by atoms with Gasteiger partial charge >= 0.3 is 0 Å². The summed E-state index contributed by atoms with van der Waals surface area (Å²) >= 11 is 0. The Morgan fingerprint density at radius 1 is 0.784 bits per heavy atom. The number of fused-ring (bicyclic) bond motifs is 4. The van der Waals surface area contributed by atoms with Gasteiger partial charge in [-0.25, -0.2) is 0 Å². The molecule has 0 aliphatic heterocycles. The predicted molar refractivity (Wildman–Crippen MR) is 165 cm³/mol. The lowest BCUT2D eigenvalue weighted by atomic mass is 9.74. The summed E-state index contributed by atoms with van der Waals surface area (Å²) < 4.78 is 0. The Labute approximate surface area is 229 Å². The van der Waals surface area contributed by atoms with Crippen molar-refractivity contribution in [3.05, 3.63) is 84.6 Å². The molecular weight excluding hydrogens is 460 g/mol. The van der Waals surface area contributed by atoms with E-state index in [9.17, 15) is 0 Å². The topological polar surface area (TPSA) is 0 Å². The highest BCUT2D eigenvalue weighted by atomic mass is 28.3. The van der Waals surface area contributed by atoms with E-state index in [-0.39, 0.29) is 10.8 Å². The van der Waals surface area contributed by atoms with Gasteiger partial charge in [-0.3, -0.25) is 0 Å². The molecule has 0 aromatic rings. The average molecular weight is 513 g/mol. The number of hydrogen-bond acceptors (Lipinski definition) is 0. The van der Waals surface area contributed by atoms with Gasteiger partial charge in [0.25, 0.3) is 0 Å². The van der Waals surface area contributed by atoms with E-state index in [2.05, 4.69) is 122 Å². The van der Waals surface area contributed by atoms with Gasteiger partial charge in [0.2, 0.25) is 0 Å². The van der Waals surface area contributed by atoms with Gasteiger partial charge in [0.05, 0.1) is 8.07 Å². The second kappa shape index (κ2) is 9.85. The molecule has 37 heavy (non-hydrogen) atoms. The second-order valence-electron chi connectivity index (χ2n) is 15.2. The van der Waals surface area contributed by atoms with Crippen LogP contribution in [0.4, 0.5) is 0 Å². The summed E-state index contributed by atoms with van der Waals surface area (Å²) in [6.45, 7) is 21.4. The maximum Gasteiger partial charge on any atom is 0.0585 e. The maximum absolute atomic E-state index is 4.10. The van der Waals surface area contributed by atoms with E-state index in [1.807, 2.05) is 0 Å². The highest BCUT2D eigenvalue weighted by molar-refractivity contribution is 6.81. The van der Waals surface area contributed by atoms with E-state index in [4.69, 9.17) is 0 Å². The minimum absolute atomic E-state index is 0.207. The van der Waals surface area contributed by atoms with Gasteiger partial charge in [0.1, 0.15) is 0 Å². The molecular formula is C36H52Si. The van der Waals surface area contributed by atoms with Gasteiger partial charge in [-0.2, -0.15) is 0 Å². The largest absolute Gasteiger partial charge is 0.103 e. The lowest BCUT2D eigenvalue weighted by molar-refractivity contribution is 0.433. The van der Waals surface area contributed by atoms with Gasteiger partial charge < -0.3 is 0 Å². The van der Waals surface area contributed by atoms with E-state index >= 15 is 0 Å². The fourth-order valence-corrected chi connectivity index (χ4v) is 15.6. The molecule has 0 N–H and O–H groups in total. The van der Waals surface area contributed by atoms with Crippen LogP contribution >= 0.6 is 0 Å². The fraction of sp³-hybridized carbons (Fsp3) is 0.611. The van der Waals surface area contributed by atoms with Crippen molar-refractivity contribution in [2.75, 3.05) is 0 Å². The zero-order valence-electron chi connectivity index (χ0n) is 24.7. The van der Waals surface area contributed by atoms with Crippen molar-refractivity contribution < 1.29 is 0 Å². The summed E-state index contributed by atoms with van der Waals surface area (Å²) in [5.74, 6) is 4.20. The first-order valence-electron chi connectivity index (χ1n) is 15.2. The first-order chi connectivity index (χ1) is 17.4. The smallest absolute Gasteiger partial charge is 0.0585 e. The molecule has 0 aromatic heterocycles. The van der Waals surface area contributed by atoms with Crippen molar-refractivity contribution in [2.24, 2.45) is 46.3 Å². The summed E-state index contributed by atoms with van der Waals surface area (Å²) in [4.78, 5) is 0. The average Bonchev–Trinajstić information content (AvgIpc) is 3.42. The van der Waals surface area contributed by atoms with E-state index in [1.165, 1.54) is 31.7 Å². The number of rotatable bonds is 6. The van der Waals surface area contributed by atoms with Crippen molar-refractivity contribution >= 4 is 8.07 Å². The summed E-state index contributed by atoms with van der Waals surface area (Å²) in [5, 5.41) is 0. The van der Waals surface area contributed by atoms with Crippen molar-refractivity contribution in [1.29, 1.82) is 0 Å². The lowest BCUT2D eigenvalue weighted by Gasteiger charge is -2.47. The van der Waals surface area contributed by atoms with Crippen LogP contribution in [-0.4, -0.2) is 8.07 Å². The summed E-state index contributed by atoms with van der Waals surface area (Å²) in [6.07, 6.45) is 33.1. The third kappa shape index (κ3) is 4.84. The Balaban J connectivity index is 1.63. The van der Waals surface area contributed by atoms with Crippen molar-refractivity contribution in [3.63, 3.8) is 0 Å². The first kappa shape index (κ1) is 27.0. The van der Waals surface area contributed by atoms with Crippen LogP contribution in [0.5, 0.6) is 0 Å². The van der Waals surface area contributed by atoms with Crippen molar-refractivity contribution in [3.8, 4) is 0 Å². The van der Waals surface area contributed by atoms with Crippen LogP contribution in [0.3, 0.4) is 0 Å². The van der Waals surface area contributed by atoms with Gasteiger partial charge in [0.15, 0.2) is 0 Å². The minimum atomic E-state index is -1.71. The monoisotopic (exact) mass is 512 g/mol. The van der Waals surface area contributed by atoms with Crippen LogP contribution in [0.25, 0.3) is 0 Å². The van der Waals surface area contributed by atoms with E-state index in [0.29, 0.717) is 23.7 Å². The lowest BCUT2D eigenvalue weighted by Crippen LogP contribution is -2.47. The first-order valence-corrected chi connectivity index (χ1v) is 18.1. The Morgan fingerprint density at radius 3 is 1.89 bits per heavy atom. The number of unbranched alkanes of at least 4 members (excludes halogenated alkanes) is 1. The molecule has 8 atom stereocenters. The second-order valence-corrected chi connectivity index (χ2v) is 20.1. The molecule has 1 heteroatoms. The Bertz CT molecular complexity index is 1010. The predicted octanol–water partition coefficient (Wildman–Crippen LogP) is 10.5. The van der Waals surface area contributed by atoms with E-state index < -0.39 is 8.07 Å². The molecule has 0 amide bonds. The minimum Gasteiger partial charge on any atom is -0.103 e. The summed E-state index contributed by atoms with van der Waals surface area (Å²) in [7, 11) is -1.71. The molecule has 0 spiro atoms. The van der Waals surface area contributed by atoms with Crippen molar-refractivity contribution in [1.82, 2.24) is 0 Å². The van der Waals surface area contributed by atoms with Gasteiger partial charge in [-0.1, -0.05) is 134 Å². The molecule has 8 unspecified atom stereocenters. The maximum atomic E-state index is 4.10. The van der Waals surface area contributed by atoms with Crippen LogP contribution in [0.15, 0.2) is 84.6 Å². The molecule has 0 nitrogen and oxygen atoms in total. The van der Waals surface area contributed by atoms with E-state index in [0.717, 1.165) is 22.9 Å². The zero-order valence-corrected chi connectivity index (χ0v) is 25.7. The molecule has 2 fully saturated rings. The van der Waals surface area contributed by atoms with Gasteiger partial charge in [-0.05, 0) is 81.4 Å². The van der Waals surface area contributed by atoms with Crippen molar-refractivity contribution in [2.45, 2.75) is 90.9 Å². The molecule has 0 radical (unpaired) electrons. The SMILES string of the molecule is C=CCCC[Si](C)(C1CCC2C=CC=CC21)C1C2C=C(C(C)(C)C)C=CC2C2C=CC(C(C)(C)C)=CC21. The molecule has 0 aromatic carbocycles. The number of allylic oxidation sites excluding steroid dienone is 13. The quantitative estimate of drug-likeness (QED) is 0.189. The molecule has 2 saturated carbocycles. The Morgan fingerprint density at radius 2 is 1.35 bits per heavy atom. The van der Waals surface area contributed by atoms with Crippen LogP contribution < -0.4 is 0 Å². The number of hydrogen-bond donors (Lipinski definition) is 0. The van der Waals surface area contributed by atoms with Gasteiger partial charge in [0, 0.05) is 0 Å². The zero-order chi connectivity index (χ0) is 26.6. The summed E-state index contributed by atoms with van der Waals surface area (Å²) in [6, 6.07) is 1.45. The molecule has 5 aliphatic rings. The molecule has 5 rings (SSSR count). The Hall–Kier alpha value is -1.60. The standard InChI is InChI=1S/C36H52Si/c1-9-10-13-22-37(8,33-21-16-25-14-11-12-15-28(25)33)34-31-23-26(35(2,3)4)17-19-29(31)30-20-18-27(24-32(30)34)36(5,6)7/h9,11-12,14-15,17-20,23-25,28-34H,1,10,13,16,21-22H2,2-8H3. The van der Waals surface area contributed by atoms with Crippen LogP contribution in [0, 0.1) is 46.3 Å². The molecule has 5 aliphatic carbocycles. The normalized spacial score (nSPS) is 37.9. The summed E-state index contributed by atoms with van der Waals surface area (Å²) in [5.41, 5.74) is 5.24. The third-order valence-electron chi connectivity index (χ3n) is 10.9. The Kier molecular flexibility index (Phi) is 7.19. The van der Waals surface area contributed by atoms with Crippen LogP contribution in [-0.2, 0) is 0 Å².